The highest BCUT2D eigenvalue weighted by Crippen LogP contribution is 2.15. The second-order valence-electron chi connectivity index (χ2n) is 4.11. The molecular weight excluding hydrogens is 193 g/mol. The molecule has 1 aromatic rings. The van der Waals surface area contributed by atoms with Gasteiger partial charge in [0.05, 0.1) is 6.20 Å². The molecule has 0 spiro atoms. The zero-order chi connectivity index (χ0) is 10.8. The molecule has 0 radical (unpaired) electrons. The lowest BCUT2D eigenvalue weighted by molar-refractivity contribution is 0.233. The lowest BCUT2D eigenvalue weighted by atomic mass is 10.2. The molecule has 3 nitrogen and oxygen atoms in total. The number of hydrogen-bond acceptors (Lipinski definition) is 3. The minimum Gasteiger partial charge on any atom is -0.354 e. The number of rotatable bonds is 1. The van der Waals surface area contributed by atoms with Gasteiger partial charge in [-0.15, -0.1) is 0 Å². The van der Waals surface area contributed by atoms with E-state index in [9.17, 15) is 4.39 Å². The highest BCUT2D eigenvalue weighted by molar-refractivity contribution is 5.38. The number of anilines is 1. The van der Waals surface area contributed by atoms with E-state index in [2.05, 4.69) is 28.8 Å². The molecule has 0 aliphatic carbocycles. The van der Waals surface area contributed by atoms with Gasteiger partial charge in [0, 0.05) is 25.7 Å². The molecule has 1 aromatic heterocycles. The molecule has 0 aromatic carbocycles. The van der Waals surface area contributed by atoms with Crippen LogP contribution >= 0.6 is 0 Å². The van der Waals surface area contributed by atoms with E-state index in [1.807, 2.05) is 0 Å². The van der Waals surface area contributed by atoms with Crippen molar-refractivity contribution in [1.29, 1.82) is 0 Å². The maximum Gasteiger partial charge on any atom is 0.141 e. The van der Waals surface area contributed by atoms with Crippen LogP contribution in [-0.2, 0) is 0 Å². The van der Waals surface area contributed by atoms with Crippen LogP contribution in [0.2, 0.25) is 0 Å². The minimum absolute atomic E-state index is 0.277. The van der Waals surface area contributed by atoms with Crippen LogP contribution in [0.5, 0.6) is 0 Å². The van der Waals surface area contributed by atoms with Crippen LogP contribution in [0.4, 0.5) is 10.2 Å². The van der Waals surface area contributed by atoms with E-state index in [-0.39, 0.29) is 5.82 Å². The van der Waals surface area contributed by atoms with Crippen molar-refractivity contribution in [2.45, 2.75) is 13.0 Å². The maximum absolute atomic E-state index is 12.7. The number of aromatic nitrogens is 1. The lowest BCUT2D eigenvalue weighted by Crippen LogP contribution is -2.50. The highest BCUT2D eigenvalue weighted by atomic mass is 19.1. The van der Waals surface area contributed by atoms with Gasteiger partial charge >= 0.3 is 0 Å². The quantitative estimate of drug-likeness (QED) is 0.696. The number of likely N-dealkylation sites (N-methyl/N-ethyl adjacent to an activating group) is 1. The molecule has 1 aliphatic rings. The zero-order valence-electron chi connectivity index (χ0n) is 9.15. The van der Waals surface area contributed by atoms with E-state index in [4.69, 9.17) is 0 Å². The summed E-state index contributed by atoms with van der Waals surface area (Å²) in [7, 11) is 2.13. The Bertz CT molecular complexity index is 325. The fourth-order valence-electron chi connectivity index (χ4n) is 1.81. The monoisotopic (exact) mass is 209 g/mol. The van der Waals surface area contributed by atoms with Crippen LogP contribution in [-0.4, -0.2) is 42.6 Å². The van der Waals surface area contributed by atoms with Gasteiger partial charge in [-0.1, -0.05) is 0 Å². The van der Waals surface area contributed by atoms with Crippen molar-refractivity contribution < 1.29 is 4.39 Å². The molecule has 2 rings (SSSR count). The first kappa shape index (κ1) is 10.4. The van der Waals surface area contributed by atoms with Gasteiger partial charge in [0.1, 0.15) is 11.6 Å². The maximum atomic E-state index is 12.7. The average molecular weight is 209 g/mol. The SMILES string of the molecule is CC1CN(c2ccc(F)cn2)CCN1C. The lowest BCUT2D eigenvalue weighted by Gasteiger charge is -2.38. The molecule has 1 fully saturated rings. The first-order valence-electron chi connectivity index (χ1n) is 5.23. The molecule has 0 bridgehead atoms. The molecule has 1 aliphatic heterocycles. The second kappa shape index (κ2) is 4.14. The Hall–Kier alpha value is -1.16. The Morgan fingerprint density at radius 2 is 2.20 bits per heavy atom. The number of nitrogens with zero attached hydrogens (tertiary/aromatic N) is 3. The molecule has 15 heavy (non-hydrogen) atoms. The molecule has 0 N–H and O–H groups in total. The van der Waals surface area contributed by atoms with Gasteiger partial charge in [0.25, 0.3) is 0 Å². The molecular formula is C11H16FN3. The Kier molecular flexibility index (Phi) is 2.86. The third kappa shape index (κ3) is 2.26. The molecule has 4 heteroatoms. The van der Waals surface area contributed by atoms with Crippen molar-refractivity contribution in [2.75, 3.05) is 31.6 Å². The van der Waals surface area contributed by atoms with Crippen molar-refractivity contribution >= 4 is 5.82 Å². The smallest absolute Gasteiger partial charge is 0.141 e. The van der Waals surface area contributed by atoms with Crippen molar-refractivity contribution in [3.05, 3.63) is 24.1 Å². The summed E-state index contributed by atoms with van der Waals surface area (Å²) < 4.78 is 12.7. The number of hydrogen-bond donors (Lipinski definition) is 0. The fraction of sp³-hybridized carbons (Fsp3) is 0.545. The molecule has 1 atom stereocenters. The Labute approximate surface area is 89.5 Å². The van der Waals surface area contributed by atoms with Crippen LogP contribution in [0.15, 0.2) is 18.3 Å². The Balaban J connectivity index is 2.08. The van der Waals surface area contributed by atoms with E-state index in [0.717, 1.165) is 25.5 Å². The van der Waals surface area contributed by atoms with Crippen molar-refractivity contribution in [1.82, 2.24) is 9.88 Å². The summed E-state index contributed by atoms with van der Waals surface area (Å²) in [6.07, 6.45) is 1.28. The van der Waals surface area contributed by atoms with Gasteiger partial charge in [-0.05, 0) is 26.1 Å². The zero-order valence-corrected chi connectivity index (χ0v) is 9.15. The predicted octanol–water partition coefficient (Wildman–Crippen LogP) is 1.36. The van der Waals surface area contributed by atoms with Crippen molar-refractivity contribution in [3.8, 4) is 0 Å². The average Bonchev–Trinajstić information content (AvgIpc) is 2.23. The molecule has 2 heterocycles. The van der Waals surface area contributed by atoms with Crippen LogP contribution in [0.3, 0.4) is 0 Å². The highest BCUT2D eigenvalue weighted by Gasteiger charge is 2.21. The second-order valence-corrected chi connectivity index (χ2v) is 4.11. The third-order valence-electron chi connectivity index (χ3n) is 3.00. The largest absolute Gasteiger partial charge is 0.354 e. The first-order valence-corrected chi connectivity index (χ1v) is 5.23. The summed E-state index contributed by atoms with van der Waals surface area (Å²) in [5.41, 5.74) is 0. The molecule has 1 saturated heterocycles. The van der Waals surface area contributed by atoms with Gasteiger partial charge in [-0.3, -0.25) is 0 Å². The van der Waals surface area contributed by atoms with E-state index >= 15 is 0 Å². The van der Waals surface area contributed by atoms with Crippen molar-refractivity contribution in [2.24, 2.45) is 0 Å². The van der Waals surface area contributed by atoms with Crippen LogP contribution < -0.4 is 4.90 Å². The summed E-state index contributed by atoms with van der Waals surface area (Å²) in [5.74, 6) is 0.595. The predicted molar refractivity (Wildman–Crippen MR) is 58.5 cm³/mol. The van der Waals surface area contributed by atoms with Gasteiger partial charge < -0.3 is 9.80 Å². The fourth-order valence-corrected chi connectivity index (χ4v) is 1.81. The third-order valence-corrected chi connectivity index (χ3v) is 3.00. The van der Waals surface area contributed by atoms with Gasteiger partial charge in [0.2, 0.25) is 0 Å². The van der Waals surface area contributed by atoms with Gasteiger partial charge in [-0.25, -0.2) is 9.37 Å². The van der Waals surface area contributed by atoms with Crippen molar-refractivity contribution in [3.63, 3.8) is 0 Å². The summed E-state index contributed by atoms with van der Waals surface area (Å²) in [6, 6.07) is 3.73. The summed E-state index contributed by atoms with van der Waals surface area (Å²) in [6.45, 7) is 5.13. The van der Waals surface area contributed by atoms with E-state index in [1.165, 1.54) is 12.3 Å². The molecule has 0 amide bonds. The number of halogens is 1. The molecule has 82 valence electrons. The number of piperazine rings is 1. The Morgan fingerprint density at radius 1 is 1.40 bits per heavy atom. The van der Waals surface area contributed by atoms with E-state index < -0.39 is 0 Å². The van der Waals surface area contributed by atoms with E-state index in [1.54, 1.807) is 6.07 Å². The van der Waals surface area contributed by atoms with Crippen LogP contribution in [0.25, 0.3) is 0 Å². The van der Waals surface area contributed by atoms with Gasteiger partial charge in [-0.2, -0.15) is 0 Å². The van der Waals surface area contributed by atoms with Crippen LogP contribution in [0.1, 0.15) is 6.92 Å². The minimum atomic E-state index is -0.277. The number of pyridine rings is 1. The molecule has 1 unspecified atom stereocenters. The van der Waals surface area contributed by atoms with Crippen LogP contribution in [0, 0.1) is 5.82 Å². The molecule has 0 saturated carbocycles. The van der Waals surface area contributed by atoms with Gasteiger partial charge in [0.15, 0.2) is 0 Å². The normalized spacial score (nSPS) is 23.1. The first-order chi connectivity index (χ1) is 7.16. The summed E-state index contributed by atoms with van der Waals surface area (Å²) >= 11 is 0. The topological polar surface area (TPSA) is 19.4 Å². The Morgan fingerprint density at radius 3 is 2.80 bits per heavy atom. The summed E-state index contributed by atoms with van der Waals surface area (Å²) in [5, 5.41) is 0. The standard InChI is InChI=1S/C11H16FN3/c1-9-8-15(6-5-14(9)2)11-4-3-10(12)7-13-11/h3-4,7,9H,5-6,8H2,1-2H3. The van der Waals surface area contributed by atoms with E-state index in [0.29, 0.717) is 6.04 Å². The summed E-state index contributed by atoms with van der Waals surface area (Å²) in [4.78, 5) is 8.61.